The van der Waals surface area contributed by atoms with Gasteiger partial charge in [-0.3, -0.25) is 0 Å². The van der Waals surface area contributed by atoms with E-state index in [-0.39, 0.29) is 11.5 Å². The van der Waals surface area contributed by atoms with Gasteiger partial charge in [0.25, 0.3) is 0 Å². The second kappa shape index (κ2) is 4.79. The number of hydrogen-bond donors (Lipinski definition) is 1. The third-order valence-electron chi connectivity index (χ3n) is 4.28. The molecule has 0 bridgehead atoms. The maximum atomic E-state index is 10.2. The fraction of sp³-hybridized carbons (Fsp3) is 0.600. The van der Waals surface area contributed by atoms with Gasteiger partial charge in [0.05, 0.1) is 6.10 Å². The number of benzene rings is 1. The number of nitrogens with zero attached hydrogens (tertiary/aromatic N) is 1. The Labute approximate surface area is 104 Å². The van der Waals surface area contributed by atoms with E-state index in [0.717, 1.165) is 19.4 Å². The fourth-order valence-corrected chi connectivity index (χ4v) is 2.90. The standard InChI is InChI=1S/C15H23NO/c1-15(2)13(16(3)10-9-14(15)17)11-12-7-5-4-6-8-12/h4-8,13-14,17H,9-11H2,1-3H3. The zero-order chi connectivity index (χ0) is 12.5. The summed E-state index contributed by atoms with van der Waals surface area (Å²) in [7, 11) is 2.17. The minimum absolute atomic E-state index is 0.0388. The molecule has 2 heteroatoms. The molecule has 0 spiro atoms. The number of aliphatic hydroxyl groups is 1. The van der Waals surface area contributed by atoms with Gasteiger partial charge >= 0.3 is 0 Å². The summed E-state index contributed by atoms with van der Waals surface area (Å²) in [5.41, 5.74) is 1.31. The van der Waals surface area contributed by atoms with Crippen molar-refractivity contribution in [2.75, 3.05) is 13.6 Å². The molecule has 2 nitrogen and oxygen atoms in total. The summed E-state index contributed by atoms with van der Waals surface area (Å²) in [6.07, 6.45) is 1.71. The Hall–Kier alpha value is -0.860. The van der Waals surface area contributed by atoms with E-state index in [1.54, 1.807) is 0 Å². The summed E-state index contributed by atoms with van der Waals surface area (Å²) in [5, 5.41) is 10.2. The van der Waals surface area contributed by atoms with Crippen molar-refractivity contribution in [3.8, 4) is 0 Å². The highest BCUT2D eigenvalue weighted by Gasteiger charge is 2.41. The highest BCUT2D eigenvalue weighted by Crippen LogP contribution is 2.36. The summed E-state index contributed by atoms with van der Waals surface area (Å²) < 4.78 is 0. The summed E-state index contributed by atoms with van der Waals surface area (Å²) in [6, 6.07) is 11.0. The van der Waals surface area contributed by atoms with Crippen molar-refractivity contribution in [3.63, 3.8) is 0 Å². The molecule has 1 saturated heterocycles. The molecule has 1 fully saturated rings. The van der Waals surface area contributed by atoms with E-state index >= 15 is 0 Å². The fourth-order valence-electron chi connectivity index (χ4n) is 2.90. The zero-order valence-corrected chi connectivity index (χ0v) is 11.1. The van der Waals surface area contributed by atoms with Crippen LogP contribution in [-0.2, 0) is 6.42 Å². The number of likely N-dealkylation sites (N-methyl/N-ethyl adjacent to an activating group) is 1. The Balaban J connectivity index is 2.17. The number of hydrogen-bond acceptors (Lipinski definition) is 2. The van der Waals surface area contributed by atoms with Gasteiger partial charge in [0, 0.05) is 18.0 Å². The van der Waals surface area contributed by atoms with E-state index in [9.17, 15) is 5.11 Å². The van der Waals surface area contributed by atoms with Crippen LogP contribution in [0.5, 0.6) is 0 Å². The molecular formula is C15H23NO. The maximum absolute atomic E-state index is 10.2. The lowest BCUT2D eigenvalue weighted by Crippen LogP contribution is -2.55. The van der Waals surface area contributed by atoms with Gasteiger partial charge in [-0.1, -0.05) is 44.2 Å². The van der Waals surface area contributed by atoms with Gasteiger partial charge in [-0.15, -0.1) is 0 Å². The smallest absolute Gasteiger partial charge is 0.0618 e. The first kappa shape index (κ1) is 12.6. The average molecular weight is 233 g/mol. The van der Waals surface area contributed by atoms with Gasteiger partial charge < -0.3 is 10.0 Å². The van der Waals surface area contributed by atoms with E-state index in [1.807, 2.05) is 6.07 Å². The minimum atomic E-state index is -0.188. The van der Waals surface area contributed by atoms with E-state index in [1.165, 1.54) is 5.56 Å². The lowest BCUT2D eigenvalue weighted by atomic mass is 9.72. The van der Waals surface area contributed by atoms with Gasteiger partial charge in [-0.2, -0.15) is 0 Å². The van der Waals surface area contributed by atoms with Crippen LogP contribution < -0.4 is 0 Å². The van der Waals surface area contributed by atoms with Crippen molar-refractivity contribution in [2.45, 2.75) is 38.8 Å². The van der Waals surface area contributed by atoms with Crippen LogP contribution in [0.2, 0.25) is 0 Å². The van der Waals surface area contributed by atoms with Crippen LogP contribution in [0.3, 0.4) is 0 Å². The van der Waals surface area contributed by atoms with Crippen LogP contribution in [0.15, 0.2) is 30.3 Å². The van der Waals surface area contributed by atoms with Gasteiger partial charge in [0.2, 0.25) is 0 Å². The molecule has 1 aliphatic heterocycles. The number of rotatable bonds is 2. The predicted octanol–water partition coefficient (Wildman–Crippen LogP) is 2.32. The molecule has 1 aromatic rings. The SMILES string of the molecule is CN1CCC(O)C(C)(C)C1Cc1ccccc1. The number of aliphatic hydroxyl groups excluding tert-OH is 1. The quantitative estimate of drug-likeness (QED) is 0.847. The van der Waals surface area contributed by atoms with Crippen LogP contribution in [0.1, 0.15) is 25.8 Å². The highest BCUT2D eigenvalue weighted by molar-refractivity contribution is 5.17. The van der Waals surface area contributed by atoms with Gasteiger partial charge in [-0.05, 0) is 25.5 Å². The molecule has 0 saturated carbocycles. The lowest BCUT2D eigenvalue weighted by molar-refractivity contribution is -0.0593. The molecule has 0 radical (unpaired) electrons. The minimum Gasteiger partial charge on any atom is -0.392 e. The largest absolute Gasteiger partial charge is 0.392 e. The summed E-state index contributed by atoms with van der Waals surface area (Å²) in [6.45, 7) is 5.35. The Morgan fingerprint density at radius 2 is 1.94 bits per heavy atom. The summed E-state index contributed by atoms with van der Waals surface area (Å²) in [4.78, 5) is 2.39. The van der Waals surface area contributed by atoms with E-state index in [0.29, 0.717) is 6.04 Å². The Morgan fingerprint density at radius 3 is 2.59 bits per heavy atom. The third kappa shape index (κ3) is 2.53. The topological polar surface area (TPSA) is 23.5 Å². The summed E-state index contributed by atoms with van der Waals surface area (Å²) >= 11 is 0. The average Bonchev–Trinajstić information content (AvgIpc) is 2.32. The van der Waals surface area contributed by atoms with Crippen molar-refractivity contribution in [3.05, 3.63) is 35.9 Å². The van der Waals surface area contributed by atoms with Crippen LogP contribution >= 0.6 is 0 Å². The normalized spacial score (nSPS) is 29.2. The monoisotopic (exact) mass is 233 g/mol. The summed E-state index contributed by atoms with van der Waals surface area (Å²) in [5.74, 6) is 0. The second-order valence-corrected chi connectivity index (χ2v) is 5.81. The van der Waals surface area contributed by atoms with Crippen molar-refractivity contribution in [2.24, 2.45) is 5.41 Å². The second-order valence-electron chi connectivity index (χ2n) is 5.81. The molecule has 1 N–H and O–H groups in total. The van der Waals surface area contributed by atoms with Crippen LogP contribution in [-0.4, -0.2) is 35.7 Å². The molecule has 1 aliphatic rings. The van der Waals surface area contributed by atoms with Gasteiger partial charge in [-0.25, -0.2) is 0 Å². The van der Waals surface area contributed by atoms with Crippen LogP contribution in [0.4, 0.5) is 0 Å². The maximum Gasteiger partial charge on any atom is 0.0618 e. The molecule has 2 atom stereocenters. The third-order valence-corrected chi connectivity index (χ3v) is 4.28. The molecule has 0 aromatic heterocycles. The highest BCUT2D eigenvalue weighted by atomic mass is 16.3. The first-order valence-corrected chi connectivity index (χ1v) is 6.44. The van der Waals surface area contributed by atoms with Crippen LogP contribution in [0.25, 0.3) is 0 Å². The molecule has 2 rings (SSSR count). The van der Waals surface area contributed by atoms with Gasteiger partial charge in [0.15, 0.2) is 0 Å². The Morgan fingerprint density at radius 1 is 1.29 bits per heavy atom. The molecule has 17 heavy (non-hydrogen) atoms. The molecule has 94 valence electrons. The van der Waals surface area contributed by atoms with E-state index in [2.05, 4.69) is 50.1 Å². The van der Waals surface area contributed by atoms with Crippen molar-refractivity contribution < 1.29 is 5.11 Å². The molecule has 0 aliphatic carbocycles. The Kier molecular flexibility index (Phi) is 3.55. The first-order valence-electron chi connectivity index (χ1n) is 6.44. The first-order chi connectivity index (χ1) is 8.01. The van der Waals surface area contributed by atoms with Crippen molar-refractivity contribution in [1.82, 2.24) is 4.90 Å². The zero-order valence-electron chi connectivity index (χ0n) is 11.1. The Bertz CT molecular complexity index is 360. The van der Waals surface area contributed by atoms with E-state index in [4.69, 9.17) is 0 Å². The number of likely N-dealkylation sites (tertiary alicyclic amines) is 1. The van der Waals surface area contributed by atoms with Crippen LogP contribution in [0, 0.1) is 5.41 Å². The molecule has 1 heterocycles. The molecule has 2 unspecified atom stereocenters. The van der Waals surface area contributed by atoms with Crippen molar-refractivity contribution in [1.29, 1.82) is 0 Å². The van der Waals surface area contributed by atoms with Gasteiger partial charge in [0.1, 0.15) is 0 Å². The predicted molar refractivity (Wildman–Crippen MR) is 71.0 cm³/mol. The molecular weight excluding hydrogens is 210 g/mol. The molecule has 0 amide bonds. The van der Waals surface area contributed by atoms with E-state index < -0.39 is 0 Å². The number of piperidine rings is 1. The molecule has 1 aromatic carbocycles. The lowest BCUT2D eigenvalue weighted by Gasteiger charge is -2.48. The van der Waals surface area contributed by atoms with Crippen molar-refractivity contribution >= 4 is 0 Å².